The van der Waals surface area contributed by atoms with E-state index in [-0.39, 0.29) is 23.5 Å². The molecule has 2 aliphatic heterocycles. The third-order valence-corrected chi connectivity index (χ3v) is 7.37. The highest BCUT2D eigenvalue weighted by molar-refractivity contribution is 5.95. The summed E-state index contributed by atoms with van der Waals surface area (Å²) in [5.41, 5.74) is 2.84. The number of likely N-dealkylation sites (tertiary alicyclic amines) is 1. The first-order chi connectivity index (χ1) is 17.5. The molecule has 0 bridgehead atoms. The molecule has 2 amide bonds. The number of anilines is 2. The van der Waals surface area contributed by atoms with Crippen molar-refractivity contribution in [3.05, 3.63) is 83.3 Å². The fraction of sp³-hybridized carbons (Fsp3) is 0.357. The van der Waals surface area contributed by atoms with E-state index >= 15 is 0 Å². The van der Waals surface area contributed by atoms with Crippen molar-refractivity contribution >= 4 is 23.3 Å². The van der Waals surface area contributed by atoms with Crippen LogP contribution in [0.4, 0.5) is 15.9 Å². The Labute approximate surface area is 210 Å². The standard InChI is InChI=1S/C28H30FN5O2/c1-19-24(4-2-5-25(19)29)28(36)33-15-11-21(12-16-33)20-7-9-23(10-8-20)31-27(35)22-13-17-34(18-22)26-6-3-14-30-32-26/h2-10,14,21-22H,11-13,15-18H2,1H3,(H,31,35)/t22-/m0/s1. The van der Waals surface area contributed by atoms with Gasteiger partial charge in [0.1, 0.15) is 5.82 Å². The summed E-state index contributed by atoms with van der Waals surface area (Å²) in [7, 11) is 0. The lowest BCUT2D eigenvalue weighted by Gasteiger charge is -2.32. The van der Waals surface area contributed by atoms with Crippen LogP contribution >= 0.6 is 0 Å². The predicted octanol–water partition coefficient (Wildman–Crippen LogP) is 4.41. The van der Waals surface area contributed by atoms with E-state index < -0.39 is 0 Å². The Bertz CT molecular complexity index is 1230. The highest BCUT2D eigenvalue weighted by atomic mass is 19.1. The molecule has 1 atom stereocenters. The summed E-state index contributed by atoms with van der Waals surface area (Å²) >= 11 is 0. The number of halogens is 1. The average molecular weight is 488 g/mol. The van der Waals surface area contributed by atoms with Crippen LogP contribution in [-0.2, 0) is 4.79 Å². The van der Waals surface area contributed by atoms with E-state index in [1.54, 1.807) is 25.3 Å². The summed E-state index contributed by atoms with van der Waals surface area (Å²) in [5, 5.41) is 11.1. The van der Waals surface area contributed by atoms with Crippen LogP contribution in [0, 0.1) is 18.7 Å². The molecule has 3 aromatic rings. The zero-order valence-electron chi connectivity index (χ0n) is 20.4. The number of rotatable bonds is 5. The Hall–Kier alpha value is -3.81. The number of hydrogen-bond donors (Lipinski definition) is 1. The first-order valence-electron chi connectivity index (χ1n) is 12.5. The molecule has 1 N–H and O–H groups in total. The van der Waals surface area contributed by atoms with Gasteiger partial charge < -0.3 is 15.1 Å². The van der Waals surface area contributed by atoms with Crippen molar-refractivity contribution in [1.82, 2.24) is 15.1 Å². The van der Waals surface area contributed by atoms with E-state index in [1.165, 1.54) is 11.6 Å². The molecule has 36 heavy (non-hydrogen) atoms. The van der Waals surface area contributed by atoms with Gasteiger partial charge in [0.25, 0.3) is 5.91 Å². The number of hydrogen-bond acceptors (Lipinski definition) is 5. The number of carbonyl (C=O) groups excluding carboxylic acids is 2. The van der Waals surface area contributed by atoms with Gasteiger partial charge in [0.2, 0.25) is 5.91 Å². The summed E-state index contributed by atoms with van der Waals surface area (Å²) < 4.78 is 13.9. The molecule has 186 valence electrons. The average Bonchev–Trinajstić information content (AvgIpc) is 3.42. The van der Waals surface area contributed by atoms with Crippen LogP contribution in [0.5, 0.6) is 0 Å². The Balaban J connectivity index is 1.13. The van der Waals surface area contributed by atoms with Gasteiger partial charge >= 0.3 is 0 Å². The van der Waals surface area contributed by atoms with Gasteiger partial charge in [-0.2, -0.15) is 5.10 Å². The van der Waals surface area contributed by atoms with Gasteiger partial charge in [-0.25, -0.2) is 4.39 Å². The molecular formula is C28H30FN5O2. The third kappa shape index (κ3) is 5.08. The molecule has 3 heterocycles. The topological polar surface area (TPSA) is 78.4 Å². The summed E-state index contributed by atoms with van der Waals surface area (Å²) in [4.78, 5) is 29.6. The van der Waals surface area contributed by atoms with E-state index in [1.807, 2.05) is 29.2 Å². The molecule has 7 nitrogen and oxygen atoms in total. The normalized spacial score (nSPS) is 18.3. The van der Waals surface area contributed by atoms with Crippen LogP contribution < -0.4 is 10.2 Å². The largest absolute Gasteiger partial charge is 0.354 e. The molecular weight excluding hydrogens is 457 g/mol. The van der Waals surface area contributed by atoms with Gasteiger partial charge in [-0.1, -0.05) is 18.2 Å². The lowest BCUT2D eigenvalue weighted by molar-refractivity contribution is -0.119. The second kappa shape index (κ2) is 10.4. The van der Waals surface area contributed by atoms with Crippen LogP contribution in [0.25, 0.3) is 0 Å². The summed E-state index contributed by atoms with van der Waals surface area (Å²) in [6.07, 6.45) is 4.13. The van der Waals surface area contributed by atoms with Gasteiger partial charge in [0, 0.05) is 43.6 Å². The van der Waals surface area contributed by atoms with Crippen LogP contribution in [-0.4, -0.2) is 53.1 Å². The summed E-state index contributed by atoms with van der Waals surface area (Å²) in [5.74, 6) is 0.634. The van der Waals surface area contributed by atoms with Crippen molar-refractivity contribution in [2.45, 2.75) is 32.1 Å². The first kappa shape index (κ1) is 23.9. The Kier molecular flexibility index (Phi) is 6.93. The molecule has 0 saturated carbocycles. The molecule has 2 aliphatic rings. The maximum Gasteiger partial charge on any atom is 0.254 e. The van der Waals surface area contributed by atoms with E-state index in [9.17, 15) is 14.0 Å². The van der Waals surface area contributed by atoms with Crippen LogP contribution in [0.2, 0.25) is 0 Å². The van der Waals surface area contributed by atoms with Crippen molar-refractivity contribution in [3.63, 3.8) is 0 Å². The van der Waals surface area contributed by atoms with Crippen molar-refractivity contribution in [2.24, 2.45) is 5.92 Å². The fourth-order valence-electron chi connectivity index (χ4n) is 5.15. The molecule has 2 saturated heterocycles. The highest BCUT2D eigenvalue weighted by Crippen LogP contribution is 2.30. The number of piperidine rings is 1. The number of carbonyl (C=O) groups is 2. The summed E-state index contributed by atoms with van der Waals surface area (Å²) in [6.45, 7) is 4.35. The molecule has 8 heteroatoms. The Morgan fingerprint density at radius 3 is 2.47 bits per heavy atom. The fourth-order valence-corrected chi connectivity index (χ4v) is 5.15. The Morgan fingerprint density at radius 1 is 0.972 bits per heavy atom. The molecule has 2 aromatic carbocycles. The maximum atomic E-state index is 13.9. The lowest BCUT2D eigenvalue weighted by atomic mass is 9.89. The van der Waals surface area contributed by atoms with Gasteiger partial charge in [-0.3, -0.25) is 9.59 Å². The van der Waals surface area contributed by atoms with E-state index in [4.69, 9.17) is 0 Å². The molecule has 0 spiro atoms. The lowest BCUT2D eigenvalue weighted by Crippen LogP contribution is -2.38. The van der Waals surface area contributed by atoms with Crippen molar-refractivity contribution in [2.75, 3.05) is 36.4 Å². The van der Waals surface area contributed by atoms with Crippen molar-refractivity contribution in [1.29, 1.82) is 0 Å². The zero-order chi connectivity index (χ0) is 25.1. The molecule has 0 radical (unpaired) electrons. The molecule has 0 aliphatic carbocycles. The molecule has 5 rings (SSSR count). The number of aromatic nitrogens is 2. The second-order valence-corrected chi connectivity index (χ2v) is 9.60. The Morgan fingerprint density at radius 2 is 1.75 bits per heavy atom. The number of nitrogens with zero attached hydrogens (tertiary/aromatic N) is 4. The first-order valence-corrected chi connectivity index (χ1v) is 12.5. The van der Waals surface area contributed by atoms with Crippen molar-refractivity contribution < 1.29 is 14.0 Å². The van der Waals surface area contributed by atoms with E-state index in [0.29, 0.717) is 36.7 Å². The summed E-state index contributed by atoms with van der Waals surface area (Å²) in [6, 6.07) is 16.5. The third-order valence-electron chi connectivity index (χ3n) is 7.37. The highest BCUT2D eigenvalue weighted by Gasteiger charge is 2.29. The molecule has 2 fully saturated rings. The van der Waals surface area contributed by atoms with Gasteiger partial charge in [0.05, 0.1) is 5.92 Å². The number of nitrogens with one attached hydrogen (secondary N) is 1. The number of amides is 2. The van der Waals surface area contributed by atoms with Crippen LogP contribution in [0.15, 0.2) is 60.8 Å². The molecule has 1 aromatic heterocycles. The maximum absolute atomic E-state index is 13.9. The van der Waals surface area contributed by atoms with Crippen LogP contribution in [0.3, 0.4) is 0 Å². The van der Waals surface area contributed by atoms with Gasteiger partial charge in [-0.05, 0) is 79.6 Å². The predicted molar refractivity (Wildman–Crippen MR) is 136 cm³/mol. The van der Waals surface area contributed by atoms with Gasteiger partial charge in [-0.15, -0.1) is 5.10 Å². The van der Waals surface area contributed by atoms with Crippen molar-refractivity contribution in [3.8, 4) is 0 Å². The quantitative estimate of drug-likeness (QED) is 0.577. The van der Waals surface area contributed by atoms with Gasteiger partial charge in [0.15, 0.2) is 5.82 Å². The minimum absolute atomic E-state index is 0.0219. The number of benzene rings is 2. The minimum Gasteiger partial charge on any atom is -0.354 e. The molecule has 0 unspecified atom stereocenters. The SMILES string of the molecule is Cc1c(F)cccc1C(=O)N1CCC(c2ccc(NC(=O)[C@H]3CCN(c4cccnn4)C3)cc2)CC1. The van der Waals surface area contributed by atoms with Crippen LogP contribution in [0.1, 0.15) is 46.7 Å². The van der Waals surface area contributed by atoms with E-state index in [0.717, 1.165) is 37.3 Å². The second-order valence-electron chi connectivity index (χ2n) is 9.60. The smallest absolute Gasteiger partial charge is 0.254 e. The van der Waals surface area contributed by atoms with E-state index in [2.05, 4.69) is 32.5 Å². The zero-order valence-corrected chi connectivity index (χ0v) is 20.4. The minimum atomic E-state index is -0.348. The monoisotopic (exact) mass is 487 g/mol.